The molecule has 0 aromatic heterocycles. The molecule has 1 aliphatic carbocycles. The lowest BCUT2D eigenvalue weighted by molar-refractivity contribution is -0.145. The van der Waals surface area contributed by atoms with Gasteiger partial charge in [-0.2, -0.15) is 0 Å². The molecule has 0 radical (unpaired) electrons. The molecule has 3 aliphatic rings. The maximum atomic E-state index is 5.99. The highest BCUT2D eigenvalue weighted by Gasteiger charge is 2.43. The number of nitrogens with zero attached hydrogens (tertiary/aromatic N) is 2. The maximum absolute atomic E-state index is 5.99. The van der Waals surface area contributed by atoms with Crippen LogP contribution in [0.4, 0.5) is 0 Å². The van der Waals surface area contributed by atoms with Gasteiger partial charge in [-0.05, 0) is 42.8 Å². The van der Waals surface area contributed by atoms with Crippen LogP contribution in [0.25, 0.3) is 0 Å². The second kappa shape index (κ2) is 9.63. The summed E-state index contributed by atoms with van der Waals surface area (Å²) >= 11 is 11.5. The summed E-state index contributed by atoms with van der Waals surface area (Å²) in [6.45, 7) is 1.58. The van der Waals surface area contributed by atoms with Gasteiger partial charge in [0.15, 0.2) is 0 Å². The molecular weight excluding hydrogens is 406 g/mol. The van der Waals surface area contributed by atoms with Crippen molar-refractivity contribution < 1.29 is 9.68 Å². The number of thiocarbonyl (C=S) groups is 1. The molecule has 1 aromatic carbocycles. The number of hydrogen-bond acceptors (Lipinski definition) is 5. The van der Waals surface area contributed by atoms with Crippen LogP contribution in [0.1, 0.15) is 69.8 Å². The zero-order chi connectivity index (χ0) is 20.1. The fourth-order valence-electron chi connectivity index (χ4n) is 4.48. The van der Waals surface area contributed by atoms with Crippen LogP contribution in [0, 0.1) is 0 Å². The molecule has 4 rings (SSSR count). The lowest BCUT2D eigenvalue weighted by Gasteiger charge is -2.36. The normalized spacial score (nSPS) is 23.0. The van der Waals surface area contributed by atoms with Crippen molar-refractivity contribution in [3.8, 4) is 0 Å². The maximum Gasteiger partial charge on any atom is 0.278 e. The molecule has 0 bridgehead atoms. The molecule has 1 N–H and O–H groups in total. The van der Waals surface area contributed by atoms with E-state index in [4.69, 9.17) is 33.5 Å². The molecule has 1 spiro atoms. The molecule has 1 saturated carbocycles. The van der Waals surface area contributed by atoms with Crippen LogP contribution < -0.4 is 5.32 Å². The van der Waals surface area contributed by atoms with E-state index in [1.165, 1.54) is 44.9 Å². The summed E-state index contributed by atoms with van der Waals surface area (Å²) < 4.78 is 0. The van der Waals surface area contributed by atoms with Gasteiger partial charge in [-0.15, -0.1) is 5.06 Å². The van der Waals surface area contributed by atoms with Crippen molar-refractivity contribution >= 4 is 34.7 Å². The van der Waals surface area contributed by atoms with E-state index in [9.17, 15) is 0 Å². The highest BCUT2D eigenvalue weighted by atomic mass is 35.5. The van der Waals surface area contributed by atoms with Gasteiger partial charge in [0.05, 0.1) is 5.71 Å². The van der Waals surface area contributed by atoms with Crippen molar-refractivity contribution in [1.82, 2.24) is 10.4 Å². The molecule has 0 amide bonds. The Hall–Kier alpha value is -1.37. The smallest absolute Gasteiger partial charge is 0.278 e. The molecule has 5 nitrogen and oxygen atoms in total. The molecule has 1 saturated heterocycles. The van der Waals surface area contributed by atoms with E-state index in [0.717, 1.165) is 48.6 Å². The minimum atomic E-state index is -0.219. The van der Waals surface area contributed by atoms with Crippen molar-refractivity contribution in [3.63, 3.8) is 0 Å². The van der Waals surface area contributed by atoms with Gasteiger partial charge in [-0.3, -0.25) is 0 Å². The van der Waals surface area contributed by atoms with Crippen molar-refractivity contribution in [3.05, 3.63) is 34.9 Å². The van der Waals surface area contributed by atoms with Crippen LogP contribution in [0.15, 0.2) is 29.4 Å². The summed E-state index contributed by atoms with van der Waals surface area (Å²) in [4.78, 5) is 11.8. The van der Waals surface area contributed by atoms with Crippen LogP contribution >= 0.6 is 23.8 Å². The fourth-order valence-corrected chi connectivity index (χ4v) is 4.88. The Morgan fingerprint density at radius 1 is 1.10 bits per heavy atom. The molecule has 29 heavy (non-hydrogen) atoms. The highest BCUT2D eigenvalue weighted by Crippen LogP contribution is 2.36. The Balaban J connectivity index is 1.22. The van der Waals surface area contributed by atoms with E-state index in [-0.39, 0.29) is 5.60 Å². The Kier molecular flexibility index (Phi) is 6.93. The monoisotopic (exact) mass is 435 g/mol. The highest BCUT2D eigenvalue weighted by molar-refractivity contribution is 7.80. The fraction of sp³-hybridized carbons (Fsp3) is 0.636. The molecule has 1 aromatic rings. The third-order valence-corrected chi connectivity index (χ3v) is 6.73. The third kappa shape index (κ3) is 5.62. The number of nitrogens with one attached hydrogen (secondary N) is 1. The number of oxime groups is 1. The van der Waals surface area contributed by atoms with Gasteiger partial charge in [-0.25, -0.2) is 0 Å². The predicted octanol–water partition coefficient (Wildman–Crippen LogP) is 5.22. The summed E-state index contributed by atoms with van der Waals surface area (Å²) in [6.07, 6.45) is 11.5. The molecule has 7 heteroatoms. The van der Waals surface area contributed by atoms with E-state index in [1.807, 2.05) is 29.3 Å². The number of hydroxylamine groups is 2. The first-order valence-corrected chi connectivity index (χ1v) is 11.6. The van der Waals surface area contributed by atoms with Crippen LogP contribution in [0.5, 0.6) is 0 Å². The molecule has 0 atom stereocenters. The van der Waals surface area contributed by atoms with Gasteiger partial charge >= 0.3 is 0 Å². The second-order valence-corrected chi connectivity index (χ2v) is 9.30. The molecule has 2 aliphatic heterocycles. The Morgan fingerprint density at radius 2 is 1.76 bits per heavy atom. The number of hydrogen-bond donors (Lipinski definition) is 1. The van der Waals surface area contributed by atoms with Gasteiger partial charge < -0.3 is 15.0 Å². The SMILES string of the molecule is S=C(NC1CCCCCCC1)ON1CCC2(CC1)CC(c1ccc(Cl)cc1)=NO2. The van der Waals surface area contributed by atoms with Gasteiger partial charge in [0.1, 0.15) is 5.60 Å². The van der Waals surface area contributed by atoms with Crippen molar-refractivity contribution in [2.75, 3.05) is 13.1 Å². The number of halogens is 1. The quantitative estimate of drug-likeness (QED) is 0.659. The van der Waals surface area contributed by atoms with Gasteiger partial charge in [-0.1, -0.05) is 61.0 Å². The number of benzene rings is 1. The average molecular weight is 436 g/mol. The van der Waals surface area contributed by atoms with E-state index in [1.54, 1.807) is 0 Å². The van der Waals surface area contributed by atoms with E-state index < -0.39 is 0 Å². The third-order valence-electron chi connectivity index (χ3n) is 6.29. The summed E-state index contributed by atoms with van der Waals surface area (Å²) in [5.41, 5.74) is 1.86. The largest absolute Gasteiger partial charge is 0.388 e. The van der Waals surface area contributed by atoms with Crippen molar-refractivity contribution in [2.45, 2.75) is 75.9 Å². The molecular formula is C22H30ClN3O2S. The van der Waals surface area contributed by atoms with Gasteiger partial charge in [0.25, 0.3) is 5.17 Å². The Bertz CT molecular complexity index is 724. The molecule has 2 heterocycles. The van der Waals surface area contributed by atoms with E-state index in [0.29, 0.717) is 11.2 Å². The first kappa shape index (κ1) is 20.9. The minimum Gasteiger partial charge on any atom is -0.388 e. The van der Waals surface area contributed by atoms with Gasteiger partial charge in [0.2, 0.25) is 0 Å². The number of piperidine rings is 1. The Morgan fingerprint density at radius 3 is 2.45 bits per heavy atom. The molecule has 158 valence electrons. The number of rotatable bonds is 3. The van der Waals surface area contributed by atoms with E-state index >= 15 is 0 Å². The zero-order valence-corrected chi connectivity index (χ0v) is 18.4. The van der Waals surface area contributed by atoms with Crippen molar-refractivity contribution in [2.24, 2.45) is 5.16 Å². The standard InChI is InChI=1S/C22H30ClN3O2S/c23-18-10-8-17(9-11-18)20-16-22(28-25-20)12-14-26(15-13-22)27-21(29)24-19-6-4-2-1-3-5-7-19/h8-11,19H,1-7,12-16H2,(H,24,29). The van der Waals surface area contributed by atoms with Gasteiger partial charge in [0, 0.05) is 43.4 Å². The van der Waals surface area contributed by atoms with Crippen LogP contribution in [-0.2, 0) is 9.68 Å². The summed E-state index contributed by atoms with van der Waals surface area (Å²) in [5, 5.41) is 11.0. The summed E-state index contributed by atoms with van der Waals surface area (Å²) in [6, 6.07) is 8.24. The topological polar surface area (TPSA) is 46.1 Å². The molecule has 0 unspecified atom stereocenters. The second-order valence-electron chi connectivity index (χ2n) is 8.49. The zero-order valence-electron chi connectivity index (χ0n) is 16.9. The predicted molar refractivity (Wildman–Crippen MR) is 120 cm³/mol. The Labute approximate surface area is 183 Å². The summed E-state index contributed by atoms with van der Waals surface area (Å²) in [5.74, 6) is 0. The van der Waals surface area contributed by atoms with Crippen LogP contribution in [0.2, 0.25) is 5.02 Å². The first-order chi connectivity index (χ1) is 14.1. The lowest BCUT2D eigenvalue weighted by Crippen LogP contribution is -2.47. The van der Waals surface area contributed by atoms with Crippen LogP contribution in [0.3, 0.4) is 0 Å². The average Bonchev–Trinajstić information content (AvgIpc) is 3.10. The summed E-state index contributed by atoms with van der Waals surface area (Å²) in [7, 11) is 0. The minimum absolute atomic E-state index is 0.219. The van der Waals surface area contributed by atoms with E-state index in [2.05, 4.69) is 10.5 Å². The lowest BCUT2D eigenvalue weighted by atomic mass is 9.86. The van der Waals surface area contributed by atoms with Crippen molar-refractivity contribution in [1.29, 1.82) is 0 Å². The van der Waals surface area contributed by atoms with Crippen LogP contribution in [-0.4, -0.2) is 40.7 Å². The molecule has 2 fully saturated rings. The first-order valence-electron chi connectivity index (χ1n) is 10.9.